The van der Waals surface area contributed by atoms with E-state index in [4.69, 9.17) is 9.73 Å². The largest absolute Gasteiger partial charge is 0.371 e. The molecule has 2 N–H and O–H groups in total. The fraction of sp³-hybridized carbons (Fsp3) is 0.435. The maximum absolute atomic E-state index is 12.6. The summed E-state index contributed by atoms with van der Waals surface area (Å²) in [6, 6.07) is 11.8. The van der Waals surface area contributed by atoms with Gasteiger partial charge in [-0.05, 0) is 50.0 Å². The van der Waals surface area contributed by atoms with Gasteiger partial charge in [0, 0.05) is 18.3 Å². The van der Waals surface area contributed by atoms with Crippen molar-refractivity contribution in [1.29, 1.82) is 0 Å². The Morgan fingerprint density at radius 2 is 1.93 bits per heavy atom. The second-order valence-corrected chi connectivity index (χ2v) is 7.73. The van der Waals surface area contributed by atoms with Crippen LogP contribution in [0.2, 0.25) is 0 Å². The Morgan fingerprint density at radius 1 is 1.10 bits per heavy atom. The number of Topliss-reactive ketones (excluding diaryl/α,β-unsaturated/α-hetero) is 1. The molecule has 0 atom stereocenters. The second kappa shape index (κ2) is 9.87. The molecule has 2 aromatic rings. The molecule has 0 spiro atoms. The molecule has 1 aromatic heterocycles. The number of rotatable bonds is 8. The summed E-state index contributed by atoms with van der Waals surface area (Å²) < 4.78 is 5.80. The fourth-order valence-corrected chi connectivity index (χ4v) is 3.88. The fourth-order valence-electron chi connectivity index (χ4n) is 3.88. The minimum Gasteiger partial charge on any atom is -0.371 e. The molecular formula is C23H28N4O2. The van der Waals surface area contributed by atoms with E-state index in [9.17, 15) is 4.79 Å². The Balaban J connectivity index is 1.38. The first-order valence-corrected chi connectivity index (χ1v) is 10.4. The van der Waals surface area contributed by atoms with Gasteiger partial charge in [-0.1, -0.05) is 30.3 Å². The zero-order chi connectivity index (χ0) is 19.9. The highest BCUT2D eigenvalue weighted by Gasteiger charge is 2.23. The van der Waals surface area contributed by atoms with Gasteiger partial charge in [0.25, 0.3) is 0 Å². The van der Waals surface area contributed by atoms with Crippen molar-refractivity contribution in [2.75, 3.05) is 26.2 Å². The third-order valence-corrected chi connectivity index (χ3v) is 5.50. The molecule has 0 aliphatic carbocycles. The highest BCUT2D eigenvalue weighted by atomic mass is 16.5. The summed E-state index contributed by atoms with van der Waals surface area (Å²) in [6.45, 7) is 4.65. The van der Waals surface area contributed by atoms with E-state index in [2.05, 4.69) is 15.6 Å². The minimum atomic E-state index is 0.0929. The van der Waals surface area contributed by atoms with Crippen molar-refractivity contribution >= 4 is 17.2 Å². The van der Waals surface area contributed by atoms with E-state index in [0.717, 1.165) is 36.6 Å². The number of benzene rings is 1. The summed E-state index contributed by atoms with van der Waals surface area (Å²) in [5.41, 5.74) is 4.10. The molecule has 1 aromatic carbocycles. The third-order valence-electron chi connectivity index (χ3n) is 5.50. The Hall–Kier alpha value is -2.41. The SMILES string of the molecule is O=C1CC(COCc2ccccc2)=Nc2c1ccnc2CNCC1CCNCC1. The van der Waals surface area contributed by atoms with Gasteiger partial charge in [-0.25, -0.2) is 0 Å². The van der Waals surface area contributed by atoms with Crippen LogP contribution in [0.15, 0.2) is 47.6 Å². The van der Waals surface area contributed by atoms with Crippen LogP contribution in [0.3, 0.4) is 0 Å². The molecule has 29 heavy (non-hydrogen) atoms. The number of nitrogens with one attached hydrogen (secondary N) is 2. The van der Waals surface area contributed by atoms with Crippen LogP contribution < -0.4 is 10.6 Å². The number of carbonyl (C=O) groups is 1. The number of pyridine rings is 1. The van der Waals surface area contributed by atoms with E-state index in [1.165, 1.54) is 12.8 Å². The maximum Gasteiger partial charge on any atom is 0.170 e. The average Bonchev–Trinajstić information content (AvgIpc) is 2.76. The zero-order valence-electron chi connectivity index (χ0n) is 16.7. The van der Waals surface area contributed by atoms with Gasteiger partial charge in [0.15, 0.2) is 5.78 Å². The van der Waals surface area contributed by atoms with E-state index in [0.29, 0.717) is 43.3 Å². The van der Waals surface area contributed by atoms with E-state index >= 15 is 0 Å². The van der Waals surface area contributed by atoms with Crippen LogP contribution in [0, 0.1) is 5.92 Å². The van der Waals surface area contributed by atoms with E-state index in [1.807, 2.05) is 30.3 Å². The molecule has 152 valence electrons. The van der Waals surface area contributed by atoms with Crippen LogP contribution in [0.5, 0.6) is 0 Å². The van der Waals surface area contributed by atoms with Crippen molar-refractivity contribution < 1.29 is 9.53 Å². The lowest BCUT2D eigenvalue weighted by Crippen LogP contribution is -2.33. The number of ketones is 1. The first-order chi connectivity index (χ1) is 14.3. The van der Waals surface area contributed by atoms with Crippen molar-refractivity contribution in [3.8, 4) is 0 Å². The molecule has 0 saturated carbocycles. The molecule has 0 radical (unpaired) electrons. The number of carbonyl (C=O) groups excluding carboxylic acids is 1. The lowest BCUT2D eigenvalue weighted by atomic mass is 9.98. The van der Waals surface area contributed by atoms with Crippen LogP contribution in [-0.4, -0.2) is 42.7 Å². The van der Waals surface area contributed by atoms with E-state index < -0.39 is 0 Å². The van der Waals surface area contributed by atoms with Gasteiger partial charge in [-0.3, -0.25) is 14.8 Å². The highest BCUT2D eigenvalue weighted by Crippen LogP contribution is 2.29. The molecule has 1 fully saturated rings. The molecule has 0 amide bonds. The number of fused-ring (bicyclic) bond motifs is 1. The van der Waals surface area contributed by atoms with Gasteiger partial charge in [0.05, 0.1) is 36.7 Å². The first kappa shape index (κ1) is 19.9. The topological polar surface area (TPSA) is 75.6 Å². The monoisotopic (exact) mass is 392 g/mol. The summed E-state index contributed by atoms with van der Waals surface area (Å²) in [7, 11) is 0. The van der Waals surface area contributed by atoms with Crippen LogP contribution in [-0.2, 0) is 17.9 Å². The standard InChI is InChI=1S/C23H28N4O2/c28-22-12-19(16-29-15-18-4-2-1-3-5-18)27-23-20(22)8-11-26-21(23)14-25-13-17-6-9-24-10-7-17/h1-5,8,11,17,24-25H,6-7,9-10,12-16H2. The number of hydrogen-bond donors (Lipinski definition) is 2. The molecule has 2 aliphatic heterocycles. The van der Waals surface area contributed by atoms with Crippen molar-refractivity contribution in [1.82, 2.24) is 15.6 Å². The molecule has 3 heterocycles. The summed E-state index contributed by atoms with van der Waals surface area (Å²) in [4.78, 5) is 21.9. The lowest BCUT2D eigenvalue weighted by Gasteiger charge is -2.23. The summed E-state index contributed by atoms with van der Waals surface area (Å²) in [5, 5.41) is 6.91. The van der Waals surface area contributed by atoms with Gasteiger partial charge in [0.2, 0.25) is 0 Å². The Bertz CT molecular complexity index is 860. The van der Waals surface area contributed by atoms with Gasteiger partial charge < -0.3 is 15.4 Å². The van der Waals surface area contributed by atoms with Gasteiger partial charge in [-0.2, -0.15) is 0 Å². The number of piperidine rings is 1. The number of aromatic nitrogens is 1. The van der Waals surface area contributed by atoms with Crippen molar-refractivity contribution in [3.05, 3.63) is 59.4 Å². The smallest absolute Gasteiger partial charge is 0.170 e. The Morgan fingerprint density at radius 3 is 2.76 bits per heavy atom. The predicted octanol–water partition coefficient (Wildman–Crippen LogP) is 3.05. The Labute approximate surface area is 171 Å². The van der Waals surface area contributed by atoms with Gasteiger partial charge in [-0.15, -0.1) is 0 Å². The Kier molecular flexibility index (Phi) is 6.77. The van der Waals surface area contributed by atoms with Crippen LogP contribution in [0.4, 0.5) is 5.69 Å². The molecule has 0 unspecified atom stereocenters. The second-order valence-electron chi connectivity index (χ2n) is 7.73. The van der Waals surface area contributed by atoms with E-state index in [1.54, 1.807) is 12.3 Å². The normalized spacial score (nSPS) is 17.1. The third kappa shape index (κ3) is 5.35. The van der Waals surface area contributed by atoms with E-state index in [-0.39, 0.29) is 5.78 Å². The molecule has 2 aliphatic rings. The molecule has 6 nitrogen and oxygen atoms in total. The van der Waals surface area contributed by atoms with Crippen molar-refractivity contribution in [2.24, 2.45) is 10.9 Å². The van der Waals surface area contributed by atoms with Crippen LogP contribution >= 0.6 is 0 Å². The van der Waals surface area contributed by atoms with Gasteiger partial charge in [0.1, 0.15) is 0 Å². The zero-order valence-corrected chi connectivity index (χ0v) is 16.7. The summed E-state index contributed by atoms with van der Waals surface area (Å²) in [6.07, 6.45) is 4.43. The average molecular weight is 393 g/mol. The van der Waals surface area contributed by atoms with Gasteiger partial charge >= 0.3 is 0 Å². The minimum absolute atomic E-state index is 0.0929. The summed E-state index contributed by atoms with van der Waals surface area (Å²) >= 11 is 0. The summed E-state index contributed by atoms with van der Waals surface area (Å²) in [5.74, 6) is 0.790. The number of ether oxygens (including phenoxy) is 1. The number of aliphatic imine (C=N–C) groups is 1. The number of hydrogen-bond acceptors (Lipinski definition) is 6. The molecule has 6 heteroatoms. The molecule has 1 saturated heterocycles. The predicted molar refractivity (Wildman–Crippen MR) is 114 cm³/mol. The lowest BCUT2D eigenvalue weighted by molar-refractivity contribution is 0.0993. The molecule has 0 bridgehead atoms. The highest BCUT2D eigenvalue weighted by molar-refractivity contribution is 6.16. The quantitative estimate of drug-likeness (QED) is 0.722. The van der Waals surface area contributed by atoms with Crippen LogP contribution in [0.1, 0.15) is 40.9 Å². The first-order valence-electron chi connectivity index (χ1n) is 10.4. The van der Waals surface area contributed by atoms with Crippen molar-refractivity contribution in [3.63, 3.8) is 0 Å². The van der Waals surface area contributed by atoms with Crippen molar-refractivity contribution in [2.45, 2.75) is 32.4 Å². The number of nitrogens with zero attached hydrogens (tertiary/aromatic N) is 2. The maximum atomic E-state index is 12.6. The van der Waals surface area contributed by atoms with Crippen LogP contribution in [0.25, 0.3) is 0 Å². The molecule has 4 rings (SSSR count). The molecular weight excluding hydrogens is 364 g/mol.